The summed E-state index contributed by atoms with van der Waals surface area (Å²) in [6.07, 6.45) is 1.92. The summed E-state index contributed by atoms with van der Waals surface area (Å²) in [5, 5.41) is 2.97. The fourth-order valence-electron chi connectivity index (χ4n) is 4.50. The second kappa shape index (κ2) is 11.1. The predicted octanol–water partition coefficient (Wildman–Crippen LogP) is 4.67. The lowest BCUT2D eigenvalue weighted by Gasteiger charge is -2.25. The smallest absolute Gasteiger partial charge is 0.271 e. The zero-order valence-electron chi connectivity index (χ0n) is 22.2. The van der Waals surface area contributed by atoms with E-state index in [2.05, 4.69) is 5.32 Å². The maximum atomic E-state index is 13.8. The maximum Gasteiger partial charge on any atom is 0.271 e. The van der Waals surface area contributed by atoms with Gasteiger partial charge in [0.1, 0.15) is 11.5 Å². The van der Waals surface area contributed by atoms with E-state index in [-0.39, 0.29) is 17.6 Å². The second-order valence-electron chi connectivity index (χ2n) is 9.41. The van der Waals surface area contributed by atoms with Crippen LogP contribution in [0.1, 0.15) is 37.9 Å². The molecule has 1 aromatic heterocycles. The van der Waals surface area contributed by atoms with Gasteiger partial charge in [0.05, 0.1) is 35.1 Å². The molecule has 0 radical (unpaired) electrons. The summed E-state index contributed by atoms with van der Waals surface area (Å²) in [6.45, 7) is 5.76. The Labute approximate surface area is 230 Å². The molecule has 0 saturated heterocycles. The molecular weight excluding hydrogens is 510 g/mol. The van der Waals surface area contributed by atoms with Crippen LogP contribution in [0.5, 0.6) is 11.5 Å². The number of fused-ring (bicyclic) bond motifs is 1. The van der Waals surface area contributed by atoms with Gasteiger partial charge in [-0.2, -0.15) is 0 Å². The number of nitrogens with zero attached hydrogens (tertiary/aromatic N) is 2. The number of allylic oxidation sites excluding steroid dienone is 1. The van der Waals surface area contributed by atoms with Gasteiger partial charge in [-0.3, -0.25) is 14.2 Å². The third kappa shape index (κ3) is 5.56. The van der Waals surface area contributed by atoms with Crippen molar-refractivity contribution in [3.63, 3.8) is 0 Å². The molecule has 7 nitrogen and oxygen atoms in total. The van der Waals surface area contributed by atoms with Gasteiger partial charge in [-0.05, 0) is 74.4 Å². The molecule has 2 heterocycles. The zero-order chi connectivity index (χ0) is 27.5. The number of carbonyl (C=O) groups excluding carboxylic acids is 1. The number of nitrogens with one attached hydrogen (secondary N) is 1. The lowest BCUT2D eigenvalue weighted by atomic mass is 9.95. The summed E-state index contributed by atoms with van der Waals surface area (Å²) in [5.74, 6) is 1.15. The summed E-state index contributed by atoms with van der Waals surface area (Å²) in [7, 11) is 1.60. The molecule has 1 unspecified atom stereocenters. The second-order valence-corrected chi connectivity index (χ2v) is 10.4. The van der Waals surface area contributed by atoms with Gasteiger partial charge in [-0.15, -0.1) is 0 Å². The fourth-order valence-corrected chi connectivity index (χ4v) is 5.55. The van der Waals surface area contributed by atoms with Crippen molar-refractivity contribution in [2.45, 2.75) is 32.9 Å². The van der Waals surface area contributed by atoms with Crippen molar-refractivity contribution in [3.05, 3.63) is 121 Å². The topological polar surface area (TPSA) is 81.9 Å². The predicted molar refractivity (Wildman–Crippen MR) is 154 cm³/mol. The van der Waals surface area contributed by atoms with Gasteiger partial charge in [0.15, 0.2) is 4.80 Å². The first-order valence-electron chi connectivity index (χ1n) is 12.6. The van der Waals surface area contributed by atoms with Crippen molar-refractivity contribution in [2.24, 2.45) is 4.99 Å². The molecule has 39 heavy (non-hydrogen) atoms. The number of hydrogen-bond donors (Lipinski definition) is 1. The monoisotopic (exact) mass is 539 g/mol. The Morgan fingerprint density at radius 2 is 1.67 bits per heavy atom. The van der Waals surface area contributed by atoms with E-state index in [0.29, 0.717) is 32.0 Å². The van der Waals surface area contributed by atoms with Crippen molar-refractivity contribution < 1.29 is 14.3 Å². The number of ether oxygens (including phenoxy) is 2. The van der Waals surface area contributed by atoms with Gasteiger partial charge in [-0.1, -0.05) is 53.8 Å². The molecule has 5 rings (SSSR count). The van der Waals surface area contributed by atoms with E-state index >= 15 is 0 Å². The first-order valence-corrected chi connectivity index (χ1v) is 13.5. The molecule has 1 amide bonds. The number of hydrogen-bond acceptors (Lipinski definition) is 6. The average molecular weight is 540 g/mol. The Bertz CT molecular complexity index is 1700. The van der Waals surface area contributed by atoms with E-state index in [4.69, 9.17) is 14.5 Å². The van der Waals surface area contributed by atoms with Crippen molar-refractivity contribution in [1.29, 1.82) is 0 Å². The van der Waals surface area contributed by atoms with E-state index < -0.39 is 6.04 Å². The van der Waals surface area contributed by atoms with Crippen LogP contribution in [0.4, 0.5) is 5.69 Å². The first-order chi connectivity index (χ1) is 18.8. The number of para-hydroxylation sites is 1. The minimum atomic E-state index is -0.653. The Morgan fingerprint density at radius 3 is 2.31 bits per heavy atom. The molecule has 198 valence electrons. The van der Waals surface area contributed by atoms with Crippen molar-refractivity contribution in [1.82, 2.24) is 4.57 Å². The van der Waals surface area contributed by atoms with E-state index in [1.54, 1.807) is 18.6 Å². The van der Waals surface area contributed by atoms with Crippen LogP contribution in [0.15, 0.2) is 99.9 Å². The molecule has 1 aliphatic rings. The molecule has 1 N–H and O–H groups in total. The summed E-state index contributed by atoms with van der Waals surface area (Å²) in [4.78, 5) is 32.7. The van der Waals surface area contributed by atoms with Crippen LogP contribution < -0.4 is 29.7 Å². The Hall–Kier alpha value is -4.43. The molecule has 0 fully saturated rings. The molecule has 4 aromatic rings. The van der Waals surface area contributed by atoms with Crippen LogP contribution >= 0.6 is 11.3 Å². The van der Waals surface area contributed by atoms with Gasteiger partial charge >= 0.3 is 0 Å². The highest BCUT2D eigenvalue weighted by Crippen LogP contribution is 2.31. The number of methoxy groups -OCH3 is 1. The Kier molecular flexibility index (Phi) is 7.47. The van der Waals surface area contributed by atoms with Gasteiger partial charge in [0.2, 0.25) is 0 Å². The fraction of sp³-hybridized carbons (Fsp3) is 0.194. The molecule has 1 aliphatic heterocycles. The number of thiazole rings is 1. The number of amides is 1. The summed E-state index contributed by atoms with van der Waals surface area (Å²) in [5.41, 5.74) is 3.09. The molecule has 1 atom stereocenters. The number of carbonyl (C=O) groups is 1. The third-order valence-electron chi connectivity index (χ3n) is 6.28. The highest BCUT2D eigenvalue weighted by atomic mass is 32.1. The van der Waals surface area contributed by atoms with Crippen LogP contribution in [0.3, 0.4) is 0 Å². The van der Waals surface area contributed by atoms with E-state index in [9.17, 15) is 9.59 Å². The highest BCUT2D eigenvalue weighted by molar-refractivity contribution is 7.07. The number of benzene rings is 3. The van der Waals surface area contributed by atoms with Crippen LogP contribution in [0, 0.1) is 0 Å². The normalized spacial score (nSPS) is 15.1. The van der Waals surface area contributed by atoms with E-state index in [0.717, 1.165) is 16.9 Å². The quantitative estimate of drug-likeness (QED) is 0.370. The minimum absolute atomic E-state index is 0.0778. The molecule has 0 aliphatic carbocycles. The number of aromatic nitrogens is 1. The van der Waals surface area contributed by atoms with Crippen LogP contribution in [0.25, 0.3) is 6.08 Å². The van der Waals surface area contributed by atoms with Crippen molar-refractivity contribution in [3.8, 4) is 11.5 Å². The largest absolute Gasteiger partial charge is 0.497 e. The third-order valence-corrected chi connectivity index (χ3v) is 7.26. The van der Waals surface area contributed by atoms with Gasteiger partial charge in [0, 0.05) is 5.69 Å². The zero-order valence-corrected chi connectivity index (χ0v) is 23.0. The average Bonchev–Trinajstić information content (AvgIpc) is 3.23. The standard InChI is InChI=1S/C31H29N3O4S/c1-19(2)38-25-14-10-21(11-15-25)18-26-30(36)34-28(22-12-16-24(37-4)17-13-22)27(20(3)32-31(34)39-26)29(35)33-23-8-6-5-7-9-23/h5-19,28H,1-4H3,(H,33,35)/b26-18+. The first kappa shape index (κ1) is 26.2. The van der Waals surface area contributed by atoms with Gasteiger partial charge < -0.3 is 14.8 Å². The summed E-state index contributed by atoms with van der Waals surface area (Å²) >= 11 is 1.31. The molecule has 8 heteroatoms. The lowest BCUT2D eigenvalue weighted by molar-refractivity contribution is -0.113. The van der Waals surface area contributed by atoms with Crippen molar-refractivity contribution >= 4 is 29.0 Å². The summed E-state index contributed by atoms with van der Waals surface area (Å²) in [6, 6.07) is 23.6. The van der Waals surface area contributed by atoms with E-state index in [1.165, 1.54) is 11.3 Å². The molecule has 0 bridgehead atoms. The van der Waals surface area contributed by atoms with Crippen LogP contribution in [-0.4, -0.2) is 23.7 Å². The number of rotatable bonds is 7. The Morgan fingerprint density at radius 1 is 1.00 bits per heavy atom. The SMILES string of the molecule is COc1ccc(C2C(C(=O)Nc3ccccc3)=C(C)N=c3s/c(=C/c4ccc(OC(C)C)cc4)c(=O)n32)cc1. The number of anilines is 1. The van der Waals surface area contributed by atoms with Crippen LogP contribution in [-0.2, 0) is 4.79 Å². The molecular formula is C31H29N3O4S. The van der Waals surface area contributed by atoms with Crippen molar-refractivity contribution in [2.75, 3.05) is 12.4 Å². The summed E-state index contributed by atoms with van der Waals surface area (Å²) < 4.78 is 13.2. The Balaban J connectivity index is 1.61. The van der Waals surface area contributed by atoms with Gasteiger partial charge in [0.25, 0.3) is 11.5 Å². The van der Waals surface area contributed by atoms with Gasteiger partial charge in [-0.25, -0.2) is 4.99 Å². The molecule has 0 saturated carbocycles. The highest BCUT2D eigenvalue weighted by Gasteiger charge is 2.32. The molecule has 3 aromatic carbocycles. The lowest BCUT2D eigenvalue weighted by Crippen LogP contribution is -2.40. The minimum Gasteiger partial charge on any atom is -0.497 e. The maximum absolute atomic E-state index is 13.8. The van der Waals surface area contributed by atoms with Crippen LogP contribution in [0.2, 0.25) is 0 Å². The molecule has 0 spiro atoms. The van der Waals surface area contributed by atoms with E-state index in [1.807, 2.05) is 98.8 Å².